The van der Waals surface area contributed by atoms with Crippen molar-refractivity contribution in [2.45, 2.75) is 19.9 Å². The maximum atomic E-state index is 11.7. The number of ether oxygens (including phenoxy) is 1. The molecule has 0 saturated heterocycles. The summed E-state index contributed by atoms with van der Waals surface area (Å²) in [4.78, 5) is 12.9. The molecule has 0 bridgehead atoms. The monoisotopic (exact) mass is 353 g/mol. The van der Waals surface area contributed by atoms with Crippen molar-refractivity contribution in [2.75, 3.05) is 12.4 Å². The van der Waals surface area contributed by atoms with Crippen LogP contribution >= 0.6 is 27.3 Å². The first-order valence-corrected chi connectivity index (χ1v) is 7.88. The van der Waals surface area contributed by atoms with Crippen LogP contribution in [0.2, 0.25) is 0 Å². The molecule has 0 fully saturated rings. The Balaban J connectivity index is 2.23. The number of benzene rings is 1. The molecule has 0 aliphatic carbocycles. The largest absolute Gasteiger partial charge is 0.465 e. The van der Waals surface area contributed by atoms with Gasteiger partial charge in [-0.2, -0.15) is 0 Å². The number of esters is 1. The third-order valence-electron chi connectivity index (χ3n) is 3.13. The highest BCUT2D eigenvalue weighted by Crippen LogP contribution is 2.29. The predicted molar refractivity (Wildman–Crippen MR) is 86.6 cm³/mol. The quantitative estimate of drug-likeness (QED) is 0.803. The number of nitrogens with one attached hydrogen (secondary N) is 1. The second-order valence-corrected chi connectivity index (χ2v) is 6.36. The molecule has 0 aliphatic rings. The topological polar surface area (TPSA) is 38.3 Å². The minimum atomic E-state index is -0.308. The van der Waals surface area contributed by atoms with Gasteiger partial charge in [0.05, 0.1) is 18.7 Å². The van der Waals surface area contributed by atoms with Gasteiger partial charge in [0, 0.05) is 20.4 Å². The molecule has 2 aromatic rings. The molecule has 5 heteroatoms. The van der Waals surface area contributed by atoms with Gasteiger partial charge < -0.3 is 10.1 Å². The molecular formula is C15H16BrNO2S. The molecule has 1 aromatic heterocycles. The number of hydrogen-bond acceptors (Lipinski definition) is 4. The van der Waals surface area contributed by atoms with Crippen molar-refractivity contribution < 1.29 is 9.53 Å². The third-order valence-corrected chi connectivity index (χ3v) is 5.00. The number of thiophene rings is 1. The minimum absolute atomic E-state index is 0.179. The van der Waals surface area contributed by atoms with Crippen LogP contribution in [0.25, 0.3) is 0 Å². The summed E-state index contributed by atoms with van der Waals surface area (Å²) >= 11 is 5.16. The Labute approximate surface area is 131 Å². The molecule has 0 spiro atoms. The first-order valence-electron chi connectivity index (χ1n) is 6.21. The van der Waals surface area contributed by atoms with Crippen LogP contribution in [0.5, 0.6) is 0 Å². The predicted octanol–water partition coefficient (Wildman–Crippen LogP) is 4.78. The molecule has 1 unspecified atom stereocenters. The SMILES string of the molecule is COC(=O)c1cccc(NC(C)c2cc(Br)cs2)c1C. The zero-order valence-electron chi connectivity index (χ0n) is 11.6. The molecule has 106 valence electrons. The molecule has 0 amide bonds. The van der Waals surface area contributed by atoms with Crippen LogP contribution in [-0.4, -0.2) is 13.1 Å². The van der Waals surface area contributed by atoms with Crippen molar-refractivity contribution in [1.29, 1.82) is 0 Å². The van der Waals surface area contributed by atoms with Crippen molar-refractivity contribution >= 4 is 38.9 Å². The van der Waals surface area contributed by atoms with E-state index in [1.165, 1.54) is 12.0 Å². The zero-order chi connectivity index (χ0) is 14.7. The maximum Gasteiger partial charge on any atom is 0.338 e. The van der Waals surface area contributed by atoms with Crippen molar-refractivity contribution in [3.05, 3.63) is 50.1 Å². The standard InChI is InChI=1S/C15H16BrNO2S/c1-9-12(15(18)19-3)5-4-6-13(9)17-10(2)14-7-11(16)8-20-14/h4-8,10,17H,1-3H3. The fraction of sp³-hybridized carbons (Fsp3) is 0.267. The number of rotatable bonds is 4. The van der Waals surface area contributed by atoms with E-state index in [0.29, 0.717) is 5.56 Å². The van der Waals surface area contributed by atoms with E-state index in [1.807, 2.05) is 19.1 Å². The summed E-state index contributed by atoms with van der Waals surface area (Å²) in [7, 11) is 1.40. The fourth-order valence-corrected chi connectivity index (χ4v) is 3.44. The highest BCUT2D eigenvalue weighted by Gasteiger charge is 2.14. The van der Waals surface area contributed by atoms with E-state index in [2.05, 4.69) is 39.6 Å². The van der Waals surface area contributed by atoms with Crippen LogP contribution in [-0.2, 0) is 4.74 Å². The van der Waals surface area contributed by atoms with Crippen molar-refractivity contribution in [2.24, 2.45) is 0 Å². The lowest BCUT2D eigenvalue weighted by atomic mass is 10.1. The summed E-state index contributed by atoms with van der Waals surface area (Å²) < 4.78 is 5.88. The average Bonchev–Trinajstić information content (AvgIpc) is 2.87. The number of hydrogen-bond donors (Lipinski definition) is 1. The highest BCUT2D eigenvalue weighted by atomic mass is 79.9. The van der Waals surface area contributed by atoms with Crippen LogP contribution in [0.4, 0.5) is 5.69 Å². The molecule has 0 radical (unpaired) electrons. The first-order chi connectivity index (χ1) is 9.52. The molecule has 2 rings (SSSR count). The van der Waals surface area contributed by atoms with E-state index < -0.39 is 0 Å². The molecule has 0 saturated carbocycles. The van der Waals surface area contributed by atoms with Crippen molar-refractivity contribution in [3.8, 4) is 0 Å². The van der Waals surface area contributed by atoms with Gasteiger partial charge in [0.25, 0.3) is 0 Å². The number of methoxy groups -OCH3 is 1. The van der Waals surface area contributed by atoms with Crippen LogP contribution < -0.4 is 5.32 Å². The summed E-state index contributed by atoms with van der Waals surface area (Å²) in [6.07, 6.45) is 0. The normalized spacial score (nSPS) is 12.0. The highest BCUT2D eigenvalue weighted by molar-refractivity contribution is 9.10. The number of anilines is 1. The average molecular weight is 354 g/mol. The molecule has 1 heterocycles. The fourth-order valence-electron chi connectivity index (χ4n) is 1.98. The molecular weight excluding hydrogens is 338 g/mol. The smallest absolute Gasteiger partial charge is 0.338 e. The van der Waals surface area contributed by atoms with E-state index in [1.54, 1.807) is 17.4 Å². The van der Waals surface area contributed by atoms with Crippen molar-refractivity contribution in [1.82, 2.24) is 0 Å². The van der Waals surface area contributed by atoms with Gasteiger partial charge in [0.15, 0.2) is 0 Å². The van der Waals surface area contributed by atoms with Gasteiger partial charge in [0.1, 0.15) is 0 Å². The lowest BCUT2D eigenvalue weighted by Gasteiger charge is -2.17. The Hall–Kier alpha value is -1.33. The molecule has 3 nitrogen and oxygen atoms in total. The lowest BCUT2D eigenvalue weighted by molar-refractivity contribution is 0.0600. The van der Waals surface area contributed by atoms with E-state index >= 15 is 0 Å². The summed E-state index contributed by atoms with van der Waals surface area (Å²) in [5.74, 6) is -0.308. The maximum absolute atomic E-state index is 11.7. The third kappa shape index (κ3) is 3.22. The van der Waals surface area contributed by atoms with Gasteiger partial charge in [-0.3, -0.25) is 0 Å². The van der Waals surface area contributed by atoms with Gasteiger partial charge >= 0.3 is 5.97 Å². The van der Waals surface area contributed by atoms with Gasteiger partial charge in [-0.1, -0.05) is 6.07 Å². The van der Waals surface area contributed by atoms with Gasteiger partial charge in [0.2, 0.25) is 0 Å². The molecule has 1 atom stereocenters. The van der Waals surface area contributed by atoms with Crippen LogP contribution in [0.1, 0.15) is 33.8 Å². The Morgan fingerprint density at radius 1 is 1.45 bits per heavy atom. The Morgan fingerprint density at radius 3 is 2.80 bits per heavy atom. The van der Waals surface area contributed by atoms with Crippen LogP contribution in [0.15, 0.2) is 34.1 Å². The van der Waals surface area contributed by atoms with E-state index in [9.17, 15) is 4.79 Å². The van der Waals surface area contributed by atoms with Gasteiger partial charge in [-0.15, -0.1) is 11.3 Å². The molecule has 1 aromatic carbocycles. The first kappa shape index (κ1) is 15.1. The Morgan fingerprint density at radius 2 is 2.20 bits per heavy atom. The second-order valence-electron chi connectivity index (χ2n) is 4.50. The Kier molecular flexibility index (Phi) is 4.83. The number of carbonyl (C=O) groups is 1. The van der Waals surface area contributed by atoms with E-state index in [4.69, 9.17) is 4.74 Å². The van der Waals surface area contributed by atoms with Crippen LogP contribution in [0.3, 0.4) is 0 Å². The molecule has 1 N–H and O–H groups in total. The van der Waals surface area contributed by atoms with Gasteiger partial charge in [-0.25, -0.2) is 4.79 Å². The molecule has 0 aliphatic heterocycles. The van der Waals surface area contributed by atoms with E-state index in [0.717, 1.165) is 15.7 Å². The summed E-state index contributed by atoms with van der Waals surface area (Å²) in [5, 5.41) is 5.50. The van der Waals surface area contributed by atoms with Crippen LogP contribution in [0, 0.1) is 6.92 Å². The van der Waals surface area contributed by atoms with E-state index in [-0.39, 0.29) is 12.0 Å². The summed E-state index contributed by atoms with van der Waals surface area (Å²) in [5.41, 5.74) is 2.45. The van der Waals surface area contributed by atoms with Crippen molar-refractivity contribution in [3.63, 3.8) is 0 Å². The summed E-state index contributed by atoms with van der Waals surface area (Å²) in [6.45, 7) is 4.02. The number of carbonyl (C=O) groups excluding carboxylic acids is 1. The minimum Gasteiger partial charge on any atom is -0.465 e. The lowest BCUT2D eigenvalue weighted by Crippen LogP contribution is -2.09. The Bertz CT molecular complexity index is 624. The zero-order valence-corrected chi connectivity index (χ0v) is 14.0. The second kappa shape index (κ2) is 6.41. The molecule has 20 heavy (non-hydrogen) atoms. The number of halogens is 1. The van der Waals surface area contributed by atoms with Gasteiger partial charge in [-0.05, 0) is 53.5 Å². The summed E-state index contributed by atoms with van der Waals surface area (Å²) in [6, 6.07) is 7.89.